The van der Waals surface area contributed by atoms with E-state index in [1.165, 1.54) is 5.57 Å². The standard InChI is InChI=1S/C9H11NS/c1-8(11)4-5-9-3-2-6-10-7-9/h2-6,11H,7H2,1H3/b8-4+,9-5-. The van der Waals surface area contributed by atoms with Crippen LogP contribution in [0.2, 0.25) is 0 Å². The Morgan fingerprint density at radius 2 is 2.55 bits per heavy atom. The zero-order valence-electron chi connectivity index (χ0n) is 6.49. The Bertz CT molecular complexity index is 242. The first-order chi connectivity index (χ1) is 5.29. The van der Waals surface area contributed by atoms with Gasteiger partial charge in [0.1, 0.15) is 0 Å². The Labute approximate surface area is 72.6 Å². The van der Waals surface area contributed by atoms with Crippen molar-refractivity contribution in [1.29, 1.82) is 0 Å². The summed E-state index contributed by atoms with van der Waals surface area (Å²) >= 11 is 4.15. The molecule has 0 aromatic heterocycles. The Morgan fingerprint density at radius 3 is 3.09 bits per heavy atom. The number of thiol groups is 1. The van der Waals surface area contributed by atoms with E-state index < -0.39 is 0 Å². The molecule has 0 atom stereocenters. The van der Waals surface area contributed by atoms with Gasteiger partial charge in [0.05, 0.1) is 6.54 Å². The number of aliphatic imine (C=N–C) groups is 1. The third-order valence-corrected chi connectivity index (χ3v) is 1.46. The van der Waals surface area contributed by atoms with Gasteiger partial charge >= 0.3 is 0 Å². The number of hydrogen-bond acceptors (Lipinski definition) is 2. The molecular formula is C9H11NS. The molecule has 0 spiro atoms. The van der Waals surface area contributed by atoms with Gasteiger partial charge in [0.15, 0.2) is 0 Å². The van der Waals surface area contributed by atoms with Crippen LogP contribution in [0.5, 0.6) is 0 Å². The van der Waals surface area contributed by atoms with Crippen LogP contribution >= 0.6 is 12.6 Å². The van der Waals surface area contributed by atoms with Crippen LogP contribution in [0.25, 0.3) is 0 Å². The molecule has 1 heterocycles. The van der Waals surface area contributed by atoms with Gasteiger partial charge in [-0.1, -0.05) is 18.2 Å². The smallest absolute Gasteiger partial charge is 0.0639 e. The summed E-state index contributed by atoms with van der Waals surface area (Å²) in [6.45, 7) is 2.74. The molecule has 0 N–H and O–H groups in total. The van der Waals surface area contributed by atoms with Crippen LogP contribution in [-0.4, -0.2) is 12.8 Å². The fourth-order valence-corrected chi connectivity index (χ4v) is 0.849. The fraction of sp³-hybridized carbons (Fsp3) is 0.222. The summed E-state index contributed by atoms with van der Waals surface area (Å²) in [5.74, 6) is 0. The van der Waals surface area contributed by atoms with Gasteiger partial charge in [-0.25, -0.2) is 0 Å². The molecule has 0 fully saturated rings. The van der Waals surface area contributed by atoms with Crippen LogP contribution in [-0.2, 0) is 0 Å². The van der Waals surface area contributed by atoms with E-state index in [4.69, 9.17) is 0 Å². The Kier molecular flexibility index (Phi) is 3.17. The van der Waals surface area contributed by atoms with Crippen molar-refractivity contribution in [1.82, 2.24) is 0 Å². The Balaban J connectivity index is 2.61. The van der Waals surface area contributed by atoms with E-state index in [1.54, 1.807) is 0 Å². The second-order valence-electron chi connectivity index (χ2n) is 2.40. The fourth-order valence-electron chi connectivity index (χ4n) is 0.774. The first-order valence-corrected chi connectivity index (χ1v) is 3.96. The van der Waals surface area contributed by atoms with Crippen molar-refractivity contribution in [3.05, 3.63) is 34.8 Å². The lowest BCUT2D eigenvalue weighted by atomic mass is 10.2. The lowest BCUT2D eigenvalue weighted by molar-refractivity contribution is 1.18. The predicted molar refractivity (Wildman–Crippen MR) is 53.3 cm³/mol. The second-order valence-corrected chi connectivity index (χ2v) is 3.10. The Morgan fingerprint density at radius 1 is 1.73 bits per heavy atom. The van der Waals surface area contributed by atoms with Crippen molar-refractivity contribution in [2.45, 2.75) is 6.92 Å². The minimum absolute atomic E-state index is 0.786. The highest BCUT2D eigenvalue weighted by Crippen LogP contribution is 2.04. The summed E-state index contributed by atoms with van der Waals surface area (Å²) in [5.41, 5.74) is 1.22. The Hall–Kier alpha value is -0.760. The van der Waals surface area contributed by atoms with Crippen LogP contribution in [0.3, 0.4) is 0 Å². The highest BCUT2D eigenvalue weighted by Gasteiger charge is 1.90. The second kappa shape index (κ2) is 4.19. The molecule has 1 nitrogen and oxygen atoms in total. The van der Waals surface area contributed by atoms with Gasteiger partial charge in [0.2, 0.25) is 0 Å². The molecule has 58 valence electrons. The van der Waals surface area contributed by atoms with Crippen LogP contribution in [0.15, 0.2) is 39.8 Å². The van der Waals surface area contributed by atoms with Crippen molar-refractivity contribution < 1.29 is 0 Å². The quantitative estimate of drug-likeness (QED) is 0.573. The maximum absolute atomic E-state index is 4.15. The SMILES string of the molecule is C/C(S)=C\C=C1\C=CC=NC1. The molecule has 1 aliphatic heterocycles. The van der Waals surface area contributed by atoms with Crippen molar-refractivity contribution in [3.63, 3.8) is 0 Å². The molecule has 0 radical (unpaired) electrons. The molecule has 0 saturated carbocycles. The van der Waals surface area contributed by atoms with Crippen molar-refractivity contribution >= 4 is 18.8 Å². The van der Waals surface area contributed by atoms with Crippen molar-refractivity contribution in [2.24, 2.45) is 4.99 Å². The minimum atomic E-state index is 0.786. The average Bonchev–Trinajstić information content (AvgIpc) is 2.03. The number of nitrogens with zero attached hydrogens (tertiary/aromatic N) is 1. The summed E-state index contributed by atoms with van der Waals surface area (Å²) in [5, 5.41) is 0. The lowest BCUT2D eigenvalue weighted by Crippen LogP contribution is -1.89. The summed E-state index contributed by atoms with van der Waals surface area (Å²) in [6.07, 6.45) is 9.82. The van der Waals surface area contributed by atoms with Gasteiger partial charge in [-0.2, -0.15) is 0 Å². The lowest BCUT2D eigenvalue weighted by Gasteiger charge is -1.98. The van der Waals surface area contributed by atoms with Crippen molar-refractivity contribution in [2.75, 3.05) is 6.54 Å². The first kappa shape index (κ1) is 8.34. The van der Waals surface area contributed by atoms with Crippen LogP contribution in [0, 0.1) is 0 Å². The van der Waals surface area contributed by atoms with Gasteiger partial charge in [-0.15, -0.1) is 12.6 Å². The van der Waals surface area contributed by atoms with E-state index in [0.717, 1.165) is 11.4 Å². The number of allylic oxidation sites excluding steroid dienone is 4. The van der Waals surface area contributed by atoms with Gasteiger partial charge in [0, 0.05) is 6.21 Å². The molecule has 0 bridgehead atoms. The molecule has 2 heteroatoms. The molecule has 0 aromatic rings. The summed E-state index contributed by atoms with van der Waals surface area (Å²) in [6, 6.07) is 0. The van der Waals surface area contributed by atoms with Gasteiger partial charge in [-0.05, 0) is 23.5 Å². The monoisotopic (exact) mass is 165 g/mol. The highest BCUT2D eigenvalue weighted by molar-refractivity contribution is 7.84. The highest BCUT2D eigenvalue weighted by atomic mass is 32.1. The first-order valence-electron chi connectivity index (χ1n) is 3.52. The molecule has 0 aliphatic carbocycles. The molecule has 0 amide bonds. The van der Waals surface area contributed by atoms with E-state index in [9.17, 15) is 0 Å². The molecule has 0 unspecified atom stereocenters. The molecular weight excluding hydrogens is 154 g/mol. The maximum Gasteiger partial charge on any atom is 0.0639 e. The molecule has 11 heavy (non-hydrogen) atoms. The van der Waals surface area contributed by atoms with Crippen LogP contribution in [0.1, 0.15) is 6.92 Å². The topological polar surface area (TPSA) is 12.4 Å². The predicted octanol–water partition coefficient (Wildman–Crippen LogP) is 2.39. The zero-order chi connectivity index (χ0) is 8.10. The summed E-state index contributed by atoms with van der Waals surface area (Å²) < 4.78 is 0. The third-order valence-electron chi connectivity index (χ3n) is 1.31. The summed E-state index contributed by atoms with van der Waals surface area (Å²) in [7, 11) is 0. The van der Waals surface area contributed by atoms with E-state index in [1.807, 2.05) is 31.4 Å². The third kappa shape index (κ3) is 3.23. The van der Waals surface area contributed by atoms with E-state index in [-0.39, 0.29) is 0 Å². The number of dihydropyridines is 1. The van der Waals surface area contributed by atoms with Crippen LogP contribution in [0.4, 0.5) is 0 Å². The van der Waals surface area contributed by atoms with E-state index in [2.05, 4.69) is 23.7 Å². The van der Waals surface area contributed by atoms with Gasteiger partial charge in [-0.3, -0.25) is 4.99 Å². The number of rotatable bonds is 1. The minimum Gasteiger partial charge on any atom is -0.288 e. The average molecular weight is 165 g/mol. The normalized spacial score (nSPS) is 21.3. The van der Waals surface area contributed by atoms with E-state index >= 15 is 0 Å². The molecule has 1 rings (SSSR count). The maximum atomic E-state index is 4.15. The van der Waals surface area contributed by atoms with Gasteiger partial charge in [0.25, 0.3) is 0 Å². The number of hydrogen-bond donors (Lipinski definition) is 1. The largest absolute Gasteiger partial charge is 0.288 e. The molecule has 0 aromatic carbocycles. The molecule has 0 saturated heterocycles. The van der Waals surface area contributed by atoms with E-state index in [0.29, 0.717) is 0 Å². The van der Waals surface area contributed by atoms with Crippen LogP contribution < -0.4 is 0 Å². The molecule has 1 aliphatic rings. The van der Waals surface area contributed by atoms with Gasteiger partial charge < -0.3 is 0 Å². The summed E-state index contributed by atoms with van der Waals surface area (Å²) in [4.78, 5) is 5.12. The zero-order valence-corrected chi connectivity index (χ0v) is 7.38. The van der Waals surface area contributed by atoms with Crippen molar-refractivity contribution in [3.8, 4) is 0 Å².